The molecular formula is C26H25ClN4O2S2. The normalized spacial score (nSPS) is 12.2. The smallest absolute Gasteiger partial charge is 0.286 e. The molecule has 1 heterocycles. The number of hydrogen-bond acceptors (Lipinski definition) is 4. The summed E-state index contributed by atoms with van der Waals surface area (Å²) in [5, 5.41) is 4.86. The summed E-state index contributed by atoms with van der Waals surface area (Å²) in [4.78, 5) is 0.572. The average Bonchev–Trinajstić information content (AvgIpc) is 3.23. The summed E-state index contributed by atoms with van der Waals surface area (Å²) < 4.78 is 32.2. The van der Waals surface area contributed by atoms with Crippen molar-refractivity contribution in [3.8, 4) is 11.3 Å². The van der Waals surface area contributed by atoms with E-state index in [0.29, 0.717) is 32.6 Å². The Balaban J connectivity index is 1.72. The Hall–Kier alpha value is -3.07. The van der Waals surface area contributed by atoms with E-state index in [-0.39, 0.29) is 10.9 Å². The number of nitrogens with two attached hydrogens (primary N) is 1. The van der Waals surface area contributed by atoms with Gasteiger partial charge in [-0.3, -0.25) is 0 Å². The van der Waals surface area contributed by atoms with Crippen molar-refractivity contribution in [2.45, 2.75) is 36.3 Å². The van der Waals surface area contributed by atoms with E-state index in [1.807, 2.05) is 74.5 Å². The summed E-state index contributed by atoms with van der Waals surface area (Å²) in [6.45, 7) is 5.59. The number of benzene rings is 3. The summed E-state index contributed by atoms with van der Waals surface area (Å²) >= 11 is 7.74. The minimum absolute atomic E-state index is 0.0598. The fourth-order valence-electron chi connectivity index (χ4n) is 3.50. The van der Waals surface area contributed by atoms with Crippen LogP contribution < -0.4 is 5.73 Å². The van der Waals surface area contributed by atoms with Gasteiger partial charge >= 0.3 is 0 Å². The zero-order valence-electron chi connectivity index (χ0n) is 19.6. The molecule has 2 N–H and O–H groups in total. The van der Waals surface area contributed by atoms with Crippen LogP contribution in [0.3, 0.4) is 0 Å². The largest absolute Gasteiger partial charge is 0.367 e. The number of halogens is 1. The van der Waals surface area contributed by atoms with Crippen molar-refractivity contribution >= 4 is 39.3 Å². The quantitative estimate of drug-likeness (QED) is 0.190. The summed E-state index contributed by atoms with van der Waals surface area (Å²) in [5.74, 6) is 0.344. The molecule has 0 fully saturated rings. The molecule has 3 aromatic carbocycles. The van der Waals surface area contributed by atoms with Crippen LogP contribution in [-0.4, -0.2) is 24.2 Å². The number of aryl methyl sites for hydroxylation is 3. The second-order valence-electron chi connectivity index (χ2n) is 8.20. The Morgan fingerprint density at radius 3 is 2.40 bits per heavy atom. The second-order valence-corrected chi connectivity index (χ2v) is 11.2. The number of aromatic nitrogens is 2. The number of sulfonamides is 1. The molecule has 35 heavy (non-hydrogen) atoms. The van der Waals surface area contributed by atoms with Gasteiger partial charge in [0.25, 0.3) is 10.0 Å². The van der Waals surface area contributed by atoms with Crippen LogP contribution in [0.5, 0.6) is 0 Å². The highest BCUT2D eigenvalue weighted by Gasteiger charge is 2.22. The third kappa shape index (κ3) is 5.78. The van der Waals surface area contributed by atoms with E-state index in [2.05, 4.69) is 9.50 Å². The van der Waals surface area contributed by atoms with Crippen molar-refractivity contribution in [2.75, 3.05) is 0 Å². The fourth-order valence-corrected chi connectivity index (χ4v) is 6.20. The van der Waals surface area contributed by atoms with E-state index in [9.17, 15) is 8.42 Å². The van der Waals surface area contributed by atoms with Crippen LogP contribution in [0.15, 0.2) is 87.0 Å². The van der Waals surface area contributed by atoms with Gasteiger partial charge in [-0.25, -0.2) is 0 Å². The highest BCUT2D eigenvalue weighted by atomic mass is 35.5. The monoisotopic (exact) mass is 524 g/mol. The first kappa shape index (κ1) is 25.0. The second kappa shape index (κ2) is 10.3. The molecule has 0 radical (unpaired) electrons. The average molecular weight is 525 g/mol. The van der Waals surface area contributed by atoms with Gasteiger partial charge in [-0.05, 0) is 50.1 Å². The lowest BCUT2D eigenvalue weighted by Crippen LogP contribution is -2.26. The lowest BCUT2D eigenvalue weighted by atomic mass is 10.1. The molecule has 4 rings (SSSR count). The maximum atomic E-state index is 13.4. The van der Waals surface area contributed by atoms with E-state index >= 15 is 0 Å². The van der Waals surface area contributed by atoms with Gasteiger partial charge < -0.3 is 5.73 Å². The van der Waals surface area contributed by atoms with Crippen molar-refractivity contribution in [3.63, 3.8) is 0 Å². The Kier molecular flexibility index (Phi) is 7.35. The van der Waals surface area contributed by atoms with Gasteiger partial charge in [0.15, 0.2) is 0 Å². The molecule has 0 saturated heterocycles. The number of nitrogens with zero attached hydrogens (tertiary/aromatic N) is 3. The number of rotatable bonds is 6. The fraction of sp³-hybridized carbons (Fsp3) is 0.154. The van der Waals surface area contributed by atoms with Crippen LogP contribution in [0.4, 0.5) is 0 Å². The van der Waals surface area contributed by atoms with Gasteiger partial charge in [0, 0.05) is 21.2 Å². The number of thioether (sulfide) groups is 1. The molecule has 0 aliphatic heterocycles. The van der Waals surface area contributed by atoms with Gasteiger partial charge in [-0.1, -0.05) is 71.8 Å². The SMILES string of the molecule is Cc1ccc(CSc2cc(Cl)c(C)cc2S(=O)(=O)/N=C(\N)n2nc(C)cc2-c2ccccc2)cc1. The maximum Gasteiger partial charge on any atom is 0.286 e. The van der Waals surface area contributed by atoms with Gasteiger partial charge in [-0.2, -0.15) is 18.2 Å². The first-order valence-corrected chi connectivity index (χ1v) is 13.7. The molecule has 0 atom stereocenters. The van der Waals surface area contributed by atoms with Crippen molar-refractivity contribution in [1.82, 2.24) is 9.78 Å². The maximum absolute atomic E-state index is 13.4. The molecule has 6 nitrogen and oxygen atoms in total. The molecular weight excluding hydrogens is 500 g/mol. The summed E-state index contributed by atoms with van der Waals surface area (Å²) in [7, 11) is -4.16. The first-order valence-electron chi connectivity index (χ1n) is 10.9. The van der Waals surface area contributed by atoms with Gasteiger partial charge in [0.2, 0.25) is 5.96 Å². The predicted octanol–water partition coefficient (Wildman–Crippen LogP) is 5.97. The van der Waals surface area contributed by atoms with Crippen LogP contribution in [0.25, 0.3) is 11.3 Å². The topological polar surface area (TPSA) is 90.3 Å². The third-order valence-electron chi connectivity index (χ3n) is 5.35. The van der Waals surface area contributed by atoms with Crippen LogP contribution in [0.2, 0.25) is 5.02 Å². The number of hydrogen-bond donors (Lipinski definition) is 1. The highest BCUT2D eigenvalue weighted by Crippen LogP contribution is 2.35. The Bertz CT molecular complexity index is 1500. The van der Waals surface area contributed by atoms with Crippen LogP contribution in [0, 0.1) is 20.8 Å². The van der Waals surface area contributed by atoms with Crippen molar-refractivity contribution in [2.24, 2.45) is 10.1 Å². The minimum Gasteiger partial charge on any atom is -0.367 e. The molecule has 0 saturated carbocycles. The molecule has 0 bridgehead atoms. The molecule has 9 heteroatoms. The predicted molar refractivity (Wildman–Crippen MR) is 144 cm³/mol. The van der Waals surface area contributed by atoms with Crippen molar-refractivity contribution in [3.05, 3.63) is 100 Å². The van der Waals surface area contributed by atoms with Crippen LogP contribution in [-0.2, 0) is 15.8 Å². The third-order valence-corrected chi connectivity index (χ3v) is 8.33. The van der Waals surface area contributed by atoms with Crippen molar-refractivity contribution in [1.29, 1.82) is 0 Å². The molecule has 0 spiro atoms. The van der Waals surface area contributed by atoms with Crippen LogP contribution in [0.1, 0.15) is 22.4 Å². The Labute approximate surface area is 214 Å². The molecule has 0 aliphatic rings. The highest BCUT2D eigenvalue weighted by molar-refractivity contribution is 7.99. The van der Waals surface area contributed by atoms with Crippen molar-refractivity contribution < 1.29 is 8.42 Å². The Morgan fingerprint density at radius 1 is 1.03 bits per heavy atom. The molecule has 4 aromatic rings. The molecule has 0 unspecified atom stereocenters. The zero-order valence-corrected chi connectivity index (χ0v) is 22.0. The molecule has 0 amide bonds. The molecule has 0 aliphatic carbocycles. The van der Waals surface area contributed by atoms with E-state index in [1.165, 1.54) is 16.4 Å². The lowest BCUT2D eigenvalue weighted by molar-refractivity contribution is 0.595. The standard InChI is InChI=1S/C26H25ClN4O2S2/c1-17-9-11-20(12-10-17)16-34-24-15-22(27)18(2)13-25(24)35(32,33)30-26(28)31-23(14-19(3)29-31)21-7-5-4-6-8-21/h4-15H,16H2,1-3H3,(H2,28,30). The zero-order chi connectivity index (χ0) is 25.2. The van der Waals surface area contributed by atoms with E-state index in [1.54, 1.807) is 19.1 Å². The molecule has 180 valence electrons. The van der Waals surface area contributed by atoms with Gasteiger partial charge in [0.05, 0.1) is 11.4 Å². The van der Waals surface area contributed by atoms with Gasteiger partial charge in [0.1, 0.15) is 4.90 Å². The minimum atomic E-state index is -4.16. The van der Waals surface area contributed by atoms with Gasteiger partial charge in [-0.15, -0.1) is 16.2 Å². The Morgan fingerprint density at radius 2 is 1.71 bits per heavy atom. The summed E-state index contributed by atoms with van der Waals surface area (Å²) in [6.07, 6.45) is 0. The molecule has 1 aromatic heterocycles. The van der Waals surface area contributed by atoms with E-state index in [4.69, 9.17) is 17.3 Å². The van der Waals surface area contributed by atoms with E-state index < -0.39 is 10.0 Å². The van der Waals surface area contributed by atoms with Crippen LogP contribution >= 0.6 is 23.4 Å². The van der Waals surface area contributed by atoms with E-state index in [0.717, 1.165) is 16.7 Å². The lowest BCUT2D eigenvalue weighted by Gasteiger charge is -2.12. The first-order chi connectivity index (χ1) is 16.6. The summed E-state index contributed by atoms with van der Waals surface area (Å²) in [5.41, 5.74) is 11.3. The summed E-state index contributed by atoms with van der Waals surface area (Å²) in [6, 6.07) is 22.6.